The van der Waals surface area contributed by atoms with Crippen LogP contribution in [0, 0.1) is 11.3 Å². The summed E-state index contributed by atoms with van der Waals surface area (Å²) in [4.78, 5) is 0. The minimum Gasteiger partial charge on any atom is -0.385 e. The molecular weight excluding hydrogens is 186 g/mol. The van der Waals surface area contributed by atoms with E-state index in [1.165, 1.54) is 12.8 Å². The summed E-state index contributed by atoms with van der Waals surface area (Å²) in [6.45, 7) is 0. The molecule has 0 spiro atoms. The smallest absolute Gasteiger partial charge is 0.104 e. The van der Waals surface area contributed by atoms with Gasteiger partial charge in [0, 0.05) is 11.4 Å². The summed E-state index contributed by atoms with van der Waals surface area (Å²) in [5.74, 6) is 0.808. The molecule has 2 aromatic rings. The van der Waals surface area contributed by atoms with Gasteiger partial charge in [0.2, 0.25) is 0 Å². The molecular formula is C12H11N3. The molecule has 1 aliphatic rings. The average Bonchev–Trinajstić information content (AvgIpc) is 3.00. The minimum absolute atomic E-state index is 0.552. The maximum absolute atomic E-state index is 8.86. The first-order valence-electron chi connectivity index (χ1n) is 5.10. The van der Waals surface area contributed by atoms with Crippen molar-refractivity contribution >= 4 is 16.7 Å². The second-order valence-electron chi connectivity index (χ2n) is 4.06. The number of anilines is 1. The maximum Gasteiger partial charge on any atom is 0.104 e. The topological polar surface area (TPSA) is 54.7 Å². The van der Waals surface area contributed by atoms with E-state index in [0.29, 0.717) is 11.6 Å². The number of nitrogen functional groups attached to an aromatic ring is 1. The number of fused-ring (bicyclic) bond motifs is 1. The van der Waals surface area contributed by atoms with Crippen LogP contribution >= 0.6 is 0 Å². The Hall–Kier alpha value is -1.95. The molecule has 1 aromatic heterocycles. The van der Waals surface area contributed by atoms with Gasteiger partial charge in [-0.2, -0.15) is 5.26 Å². The fraction of sp³-hybridized carbons (Fsp3) is 0.250. The van der Waals surface area contributed by atoms with Gasteiger partial charge < -0.3 is 10.3 Å². The van der Waals surface area contributed by atoms with Crippen molar-refractivity contribution in [1.82, 2.24) is 4.57 Å². The van der Waals surface area contributed by atoms with E-state index in [9.17, 15) is 0 Å². The molecule has 3 nitrogen and oxygen atoms in total. The Morgan fingerprint density at radius 2 is 2.13 bits per heavy atom. The first kappa shape index (κ1) is 8.37. The van der Waals surface area contributed by atoms with Crippen molar-refractivity contribution in [1.29, 1.82) is 5.26 Å². The summed E-state index contributed by atoms with van der Waals surface area (Å²) in [5.41, 5.74) is 7.75. The molecule has 0 atom stereocenters. The molecule has 1 aliphatic carbocycles. The van der Waals surface area contributed by atoms with E-state index in [4.69, 9.17) is 11.0 Å². The number of hydrogen-bond donors (Lipinski definition) is 1. The molecule has 2 N–H and O–H groups in total. The van der Waals surface area contributed by atoms with Gasteiger partial charge in [-0.3, -0.25) is 0 Å². The van der Waals surface area contributed by atoms with E-state index >= 15 is 0 Å². The summed E-state index contributed by atoms with van der Waals surface area (Å²) >= 11 is 0. The number of aromatic nitrogens is 1. The van der Waals surface area contributed by atoms with Gasteiger partial charge in [0.25, 0.3) is 0 Å². The standard InChI is InChI=1S/C12H11N3/c13-7-8-1-2-9-6-12(14)15(10-3-4-10)11(9)5-8/h1-2,5-6,10H,3-4,14H2. The van der Waals surface area contributed by atoms with Crippen molar-refractivity contribution in [3.63, 3.8) is 0 Å². The van der Waals surface area contributed by atoms with Crippen molar-refractivity contribution in [2.24, 2.45) is 0 Å². The lowest BCUT2D eigenvalue weighted by molar-refractivity contribution is 0.787. The molecule has 1 saturated carbocycles. The van der Waals surface area contributed by atoms with Gasteiger partial charge in [0.15, 0.2) is 0 Å². The average molecular weight is 197 g/mol. The summed E-state index contributed by atoms with van der Waals surface area (Å²) in [6, 6.07) is 10.4. The predicted octanol–water partition coefficient (Wildman–Crippen LogP) is 2.43. The lowest BCUT2D eigenvalue weighted by Gasteiger charge is -2.04. The molecule has 0 saturated heterocycles. The predicted molar refractivity (Wildman–Crippen MR) is 59.3 cm³/mol. The SMILES string of the molecule is N#Cc1ccc2cc(N)n(C3CC3)c2c1. The molecule has 74 valence electrons. The summed E-state index contributed by atoms with van der Waals surface area (Å²) in [7, 11) is 0. The van der Waals surface area contributed by atoms with Crippen LogP contribution in [0.4, 0.5) is 5.82 Å². The zero-order chi connectivity index (χ0) is 10.4. The monoisotopic (exact) mass is 197 g/mol. The molecule has 3 rings (SSSR count). The van der Waals surface area contributed by atoms with Gasteiger partial charge in [0.1, 0.15) is 5.82 Å². The Bertz CT molecular complexity index is 570. The number of nitriles is 1. The number of nitrogens with zero attached hydrogens (tertiary/aromatic N) is 2. The van der Waals surface area contributed by atoms with Crippen molar-refractivity contribution in [2.75, 3.05) is 5.73 Å². The molecule has 1 aromatic carbocycles. The van der Waals surface area contributed by atoms with Crippen LogP contribution in [0.15, 0.2) is 24.3 Å². The third kappa shape index (κ3) is 1.18. The normalized spacial score (nSPS) is 15.4. The Morgan fingerprint density at radius 1 is 1.33 bits per heavy atom. The highest BCUT2D eigenvalue weighted by atomic mass is 15.1. The van der Waals surface area contributed by atoms with Gasteiger partial charge in [-0.05, 0) is 31.0 Å². The molecule has 1 fully saturated rings. The highest BCUT2D eigenvalue weighted by molar-refractivity contribution is 5.86. The number of nitrogens with two attached hydrogens (primary N) is 1. The highest BCUT2D eigenvalue weighted by Gasteiger charge is 2.26. The fourth-order valence-corrected chi connectivity index (χ4v) is 2.05. The Morgan fingerprint density at radius 3 is 2.80 bits per heavy atom. The molecule has 0 bridgehead atoms. The second-order valence-corrected chi connectivity index (χ2v) is 4.06. The number of benzene rings is 1. The molecule has 0 radical (unpaired) electrons. The van der Waals surface area contributed by atoms with E-state index in [1.807, 2.05) is 24.3 Å². The minimum atomic E-state index is 0.552. The largest absolute Gasteiger partial charge is 0.385 e. The first-order chi connectivity index (χ1) is 7.29. The first-order valence-corrected chi connectivity index (χ1v) is 5.10. The molecule has 1 heterocycles. The van der Waals surface area contributed by atoms with E-state index < -0.39 is 0 Å². The van der Waals surface area contributed by atoms with E-state index in [-0.39, 0.29) is 0 Å². The summed E-state index contributed by atoms with van der Waals surface area (Å²) in [6.07, 6.45) is 2.40. The lowest BCUT2D eigenvalue weighted by Crippen LogP contribution is -1.99. The third-order valence-corrected chi connectivity index (χ3v) is 2.91. The van der Waals surface area contributed by atoms with E-state index in [1.54, 1.807) is 0 Å². The van der Waals surface area contributed by atoms with Gasteiger partial charge in [0.05, 0.1) is 17.1 Å². The third-order valence-electron chi connectivity index (χ3n) is 2.91. The van der Waals surface area contributed by atoms with Crippen LogP contribution in [-0.4, -0.2) is 4.57 Å². The molecule has 15 heavy (non-hydrogen) atoms. The Balaban J connectivity index is 2.32. The van der Waals surface area contributed by atoms with Crippen LogP contribution in [-0.2, 0) is 0 Å². The Kier molecular flexibility index (Phi) is 1.54. The van der Waals surface area contributed by atoms with Gasteiger partial charge in [-0.25, -0.2) is 0 Å². The summed E-state index contributed by atoms with van der Waals surface area (Å²) < 4.78 is 2.15. The van der Waals surface area contributed by atoms with Crippen molar-refractivity contribution < 1.29 is 0 Å². The molecule has 3 heteroatoms. The number of hydrogen-bond acceptors (Lipinski definition) is 2. The molecule has 0 amide bonds. The molecule has 0 unspecified atom stereocenters. The van der Waals surface area contributed by atoms with Crippen LogP contribution in [0.1, 0.15) is 24.4 Å². The van der Waals surface area contributed by atoms with Gasteiger partial charge >= 0.3 is 0 Å². The maximum atomic E-state index is 8.86. The quantitative estimate of drug-likeness (QED) is 0.763. The van der Waals surface area contributed by atoms with Crippen LogP contribution in [0.5, 0.6) is 0 Å². The van der Waals surface area contributed by atoms with Crippen LogP contribution in [0.3, 0.4) is 0 Å². The van der Waals surface area contributed by atoms with Crippen LogP contribution in [0.25, 0.3) is 10.9 Å². The van der Waals surface area contributed by atoms with Crippen molar-refractivity contribution in [2.45, 2.75) is 18.9 Å². The lowest BCUT2D eigenvalue weighted by atomic mass is 10.2. The second kappa shape index (κ2) is 2.77. The van der Waals surface area contributed by atoms with Crippen LogP contribution in [0.2, 0.25) is 0 Å². The van der Waals surface area contributed by atoms with Gasteiger partial charge in [-0.15, -0.1) is 0 Å². The van der Waals surface area contributed by atoms with Crippen molar-refractivity contribution in [3.8, 4) is 6.07 Å². The zero-order valence-corrected chi connectivity index (χ0v) is 8.27. The summed E-state index contributed by atoms with van der Waals surface area (Å²) in [5, 5.41) is 9.98. The Labute approximate surface area is 87.7 Å². The fourth-order valence-electron chi connectivity index (χ4n) is 2.05. The molecule has 0 aliphatic heterocycles. The van der Waals surface area contributed by atoms with E-state index in [2.05, 4.69) is 10.6 Å². The number of rotatable bonds is 1. The van der Waals surface area contributed by atoms with Crippen LogP contribution < -0.4 is 5.73 Å². The van der Waals surface area contributed by atoms with E-state index in [0.717, 1.165) is 16.7 Å². The highest BCUT2D eigenvalue weighted by Crippen LogP contribution is 2.40. The zero-order valence-electron chi connectivity index (χ0n) is 8.27. The van der Waals surface area contributed by atoms with Gasteiger partial charge in [-0.1, -0.05) is 6.07 Å². The van der Waals surface area contributed by atoms with Crippen molar-refractivity contribution in [3.05, 3.63) is 29.8 Å².